The topological polar surface area (TPSA) is 171 Å². The first-order valence-corrected chi connectivity index (χ1v) is 15.4. The number of likely N-dealkylation sites (tertiary alicyclic amines) is 1. The van der Waals surface area contributed by atoms with Crippen LogP contribution in [0.3, 0.4) is 0 Å². The van der Waals surface area contributed by atoms with Crippen LogP contribution in [0.2, 0.25) is 0 Å². The minimum absolute atomic E-state index is 0.0570. The van der Waals surface area contributed by atoms with Gasteiger partial charge in [0.2, 0.25) is 0 Å². The molecule has 0 aromatic heterocycles. The molecule has 11 nitrogen and oxygen atoms in total. The number of methoxy groups -OCH3 is 1. The van der Waals surface area contributed by atoms with E-state index in [1.165, 1.54) is 31.5 Å². The Kier molecular flexibility index (Phi) is 11.9. The van der Waals surface area contributed by atoms with E-state index in [0.29, 0.717) is 12.2 Å². The van der Waals surface area contributed by atoms with Crippen molar-refractivity contribution in [1.29, 1.82) is 0 Å². The summed E-state index contributed by atoms with van der Waals surface area (Å²) in [6.45, 7) is 3.97. The second kappa shape index (κ2) is 16.0. The number of nitrogens with zero attached hydrogens (tertiary/aromatic N) is 1. The maximum absolute atomic E-state index is 13.8. The van der Waals surface area contributed by atoms with Crippen molar-refractivity contribution < 1.29 is 49.1 Å². The minimum atomic E-state index is -2.74. The molecule has 0 spiro atoms. The molecule has 0 saturated carbocycles. The van der Waals surface area contributed by atoms with Crippen LogP contribution < -0.4 is 9.47 Å². The number of allylic oxidation sites excluding steroid dienone is 2. The zero-order valence-electron chi connectivity index (χ0n) is 26.2. The fraction of sp³-hybridized carbons (Fsp3) is 0.333. The molecular formula is C36H39NO10. The van der Waals surface area contributed by atoms with Crippen molar-refractivity contribution in [2.45, 2.75) is 44.1 Å². The number of rotatable bonds is 13. The summed E-state index contributed by atoms with van der Waals surface area (Å²) in [4.78, 5) is 46.8. The molecule has 0 atom stereocenters. The van der Waals surface area contributed by atoms with Crippen molar-refractivity contribution >= 4 is 34.8 Å². The Labute approximate surface area is 272 Å². The quantitative estimate of drug-likeness (QED) is 0.191. The fourth-order valence-electron chi connectivity index (χ4n) is 5.73. The number of ketones is 1. The standard InChI is InChI=1S/C30H31NO3.C6H8O7/c1-33-25-13-8-23(9-14-25)28-17-12-22-6-2-3-7-27(22)29(28)30(32)24-10-15-26(16-11-24)34-21-20-31-18-4-5-19-31;7-3(8)1-6(13,5(11)12)2-4(9)10/h2-3,6-11,13-16H,4-5,12,17-21H2,1H3;13H,1-2H2,(H,7,8)(H,9,10)(H,11,12). The van der Waals surface area contributed by atoms with E-state index in [2.05, 4.69) is 17.0 Å². The van der Waals surface area contributed by atoms with Gasteiger partial charge in [-0.25, -0.2) is 4.79 Å². The van der Waals surface area contributed by atoms with Gasteiger partial charge in [-0.2, -0.15) is 0 Å². The van der Waals surface area contributed by atoms with E-state index in [9.17, 15) is 19.2 Å². The highest BCUT2D eigenvalue weighted by atomic mass is 16.5. The third-order valence-electron chi connectivity index (χ3n) is 8.18. The molecule has 11 heteroatoms. The molecule has 1 aliphatic heterocycles. The summed E-state index contributed by atoms with van der Waals surface area (Å²) in [6.07, 6.45) is 2.05. The summed E-state index contributed by atoms with van der Waals surface area (Å²) < 4.78 is 11.3. The lowest BCUT2D eigenvalue weighted by Crippen LogP contribution is -2.42. The van der Waals surface area contributed by atoms with E-state index >= 15 is 0 Å². The number of hydrogen-bond donors (Lipinski definition) is 4. The third kappa shape index (κ3) is 9.27. The van der Waals surface area contributed by atoms with Crippen LogP contribution in [0.1, 0.15) is 59.2 Å². The van der Waals surface area contributed by atoms with Gasteiger partial charge < -0.3 is 29.9 Å². The molecule has 0 amide bonds. The number of Topliss-reactive ketones (excluding diaryl/α,β-unsaturated/α-hetero) is 1. The third-order valence-corrected chi connectivity index (χ3v) is 8.18. The van der Waals surface area contributed by atoms with Crippen LogP contribution in [0.25, 0.3) is 11.1 Å². The number of benzene rings is 3. The first-order valence-electron chi connectivity index (χ1n) is 15.4. The predicted molar refractivity (Wildman–Crippen MR) is 174 cm³/mol. The van der Waals surface area contributed by atoms with E-state index in [4.69, 9.17) is 29.9 Å². The van der Waals surface area contributed by atoms with E-state index in [1.54, 1.807) is 7.11 Å². The first kappa shape index (κ1) is 34.9. The van der Waals surface area contributed by atoms with Crippen LogP contribution in [-0.2, 0) is 20.8 Å². The molecule has 1 saturated heterocycles. The summed E-state index contributed by atoms with van der Waals surface area (Å²) in [6, 6.07) is 23.9. The van der Waals surface area contributed by atoms with Gasteiger partial charge in [-0.1, -0.05) is 36.4 Å². The molecule has 3 aromatic carbocycles. The van der Waals surface area contributed by atoms with Gasteiger partial charge >= 0.3 is 17.9 Å². The molecule has 1 fully saturated rings. The van der Waals surface area contributed by atoms with E-state index in [-0.39, 0.29) is 5.78 Å². The number of ether oxygens (including phenoxy) is 2. The Bertz CT molecular complexity index is 1590. The lowest BCUT2D eigenvalue weighted by Gasteiger charge is -2.23. The molecular weight excluding hydrogens is 606 g/mol. The van der Waals surface area contributed by atoms with Crippen LogP contribution in [0, 0.1) is 0 Å². The smallest absolute Gasteiger partial charge is 0.336 e. The number of aliphatic hydroxyl groups is 1. The molecule has 0 unspecified atom stereocenters. The highest BCUT2D eigenvalue weighted by molar-refractivity contribution is 6.35. The Balaban J connectivity index is 0.000000328. The Morgan fingerprint density at radius 1 is 0.787 bits per heavy atom. The average molecular weight is 646 g/mol. The summed E-state index contributed by atoms with van der Waals surface area (Å²) in [5.41, 5.74) is 3.18. The molecule has 0 bridgehead atoms. The lowest BCUT2D eigenvalue weighted by atomic mass is 9.79. The number of carboxylic acid groups (broad SMARTS) is 3. The van der Waals surface area contributed by atoms with Gasteiger partial charge in [-0.05, 0) is 97.4 Å². The van der Waals surface area contributed by atoms with Crippen molar-refractivity contribution in [3.63, 3.8) is 0 Å². The zero-order valence-corrected chi connectivity index (χ0v) is 26.2. The number of carboxylic acids is 3. The second-order valence-corrected chi connectivity index (χ2v) is 11.5. The minimum Gasteiger partial charge on any atom is -0.497 e. The van der Waals surface area contributed by atoms with Crippen LogP contribution in [0.5, 0.6) is 11.5 Å². The molecule has 248 valence electrons. The van der Waals surface area contributed by atoms with Crippen LogP contribution in [0.15, 0.2) is 72.8 Å². The molecule has 4 N–H and O–H groups in total. The fourth-order valence-corrected chi connectivity index (χ4v) is 5.73. The lowest BCUT2D eigenvalue weighted by molar-refractivity contribution is -0.170. The molecule has 2 aliphatic rings. The van der Waals surface area contributed by atoms with Crippen LogP contribution in [-0.4, -0.2) is 88.0 Å². The van der Waals surface area contributed by atoms with Crippen molar-refractivity contribution in [3.05, 3.63) is 95.1 Å². The van der Waals surface area contributed by atoms with Gasteiger partial charge in [0.25, 0.3) is 0 Å². The molecule has 5 rings (SSSR count). The van der Waals surface area contributed by atoms with Crippen molar-refractivity contribution in [1.82, 2.24) is 4.90 Å². The molecule has 47 heavy (non-hydrogen) atoms. The second-order valence-electron chi connectivity index (χ2n) is 11.5. The van der Waals surface area contributed by atoms with Crippen molar-refractivity contribution in [3.8, 4) is 11.5 Å². The maximum atomic E-state index is 13.8. The van der Waals surface area contributed by atoms with E-state index in [1.807, 2.05) is 60.7 Å². The number of fused-ring (bicyclic) bond motifs is 1. The number of aliphatic carboxylic acids is 3. The highest BCUT2D eigenvalue weighted by Crippen LogP contribution is 2.39. The Morgan fingerprint density at radius 3 is 1.96 bits per heavy atom. The summed E-state index contributed by atoms with van der Waals surface area (Å²) in [5, 5.41) is 33.8. The largest absolute Gasteiger partial charge is 0.497 e. The molecule has 1 aliphatic carbocycles. The van der Waals surface area contributed by atoms with Crippen LogP contribution in [0.4, 0.5) is 0 Å². The predicted octanol–water partition coefficient (Wildman–Crippen LogP) is 4.66. The van der Waals surface area contributed by atoms with Crippen molar-refractivity contribution in [2.24, 2.45) is 0 Å². The SMILES string of the molecule is COc1ccc(C2=C(C(=O)c3ccc(OCCN4CCCC4)cc3)c3ccccc3CC2)cc1.O=C(O)CC(O)(CC(=O)O)C(=O)O. The van der Waals surface area contributed by atoms with E-state index < -0.39 is 36.4 Å². The number of hydrogen-bond acceptors (Lipinski definition) is 8. The van der Waals surface area contributed by atoms with Gasteiger partial charge in [0, 0.05) is 17.7 Å². The highest BCUT2D eigenvalue weighted by Gasteiger charge is 2.40. The summed E-state index contributed by atoms with van der Waals surface area (Å²) in [5.74, 6) is -3.34. The Morgan fingerprint density at radius 2 is 1.38 bits per heavy atom. The molecule has 1 heterocycles. The zero-order chi connectivity index (χ0) is 34.0. The van der Waals surface area contributed by atoms with Gasteiger partial charge in [0.15, 0.2) is 11.4 Å². The Hall–Kier alpha value is -5.00. The normalized spacial score (nSPS) is 14.4. The number of carbonyl (C=O) groups is 4. The van der Waals surface area contributed by atoms with E-state index in [0.717, 1.165) is 53.2 Å². The maximum Gasteiger partial charge on any atom is 0.336 e. The number of carbonyl (C=O) groups excluding carboxylic acids is 1. The van der Waals surface area contributed by atoms with Gasteiger partial charge in [0.1, 0.15) is 18.1 Å². The first-order chi connectivity index (χ1) is 22.5. The van der Waals surface area contributed by atoms with Gasteiger partial charge in [-0.15, -0.1) is 0 Å². The molecule has 0 radical (unpaired) electrons. The molecule has 3 aromatic rings. The summed E-state index contributed by atoms with van der Waals surface area (Å²) in [7, 11) is 1.67. The van der Waals surface area contributed by atoms with Gasteiger partial charge in [0.05, 0.1) is 20.0 Å². The van der Waals surface area contributed by atoms with Crippen molar-refractivity contribution in [2.75, 3.05) is 33.4 Å². The monoisotopic (exact) mass is 645 g/mol. The van der Waals surface area contributed by atoms with Crippen LogP contribution >= 0.6 is 0 Å². The number of aryl methyl sites for hydroxylation is 1. The average Bonchev–Trinajstić information content (AvgIpc) is 3.57. The van der Waals surface area contributed by atoms with Gasteiger partial charge in [-0.3, -0.25) is 19.3 Å². The summed E-state index contributed by atoms with van der Waals surface area (Å²) >= 11 is 0.